The number of aryl methyl sites for hydroxylation is 2. The quantitative estimate of drug-likeness (QED) is 0.157. The summed E-state index contributed by atoms with van der Waals surface area (Å²) in [5.74, 6) is 0. The van der Waals surface area contributed by atoms with E-state index in [-0.39, 0.29) is 5.41 Å². The van der Waals surface area contributed by atoms with Crippen molar-refractivity contribution in [2.45, 2.75) is 33.1 Å². The normalized spacial score (nSPS) is 13.0. The van der Waals surface area contributed by atoms with Crippen molar-refractivity contribution in [3.63, 3.8) is 0 Å². The van der Waals surface area contributed by atoms with Crippen molar-refractivity contribution >= 4 is 80.9 Å². The second kappa shape index (κ2) is 13.5. The first kappa shape index (κ1) is 35.9. The predicted octanol–water partition coefficient (Wildman–Crippen LogP) is 17.2. The molecule has 0 bridgehead atoms. The van der Waals surface area contributed by atoms with Crippen LogP contribution in [0.5, 0.6) is 0 Å². The molecule has 10 aromatic carbocycles. The number of hydrogen-bond acceptors (Lipinski definition) is 2. The lowest BCUT2D eigenvalue weighted by Crippen LogP contribution is -2.16. The van der Waals surface area contributed by atoms with E-state index in [1.807, 2.05) is 11.3 Å². The monoisotopic (exact) mass is 797 g/mol. The summed E-state index contributed by atoms with van der Waals surface area (Å²) in [6.45, 7) is 9.15. The molecule has 1 heterocycles. The maximum Gasteiger partial charge on any atom is 0.0465 e. The molecule has 1 aliphatic rings. The smallest absolute Gasteiger partial charge is 0.0465 e. The third-order valence-corrected chi connectivity index (χ3v) is 14.5. The van der Waals surface area contributed by atoms with Gasteiger partial charge in [0, 0.05) is 48.2 Å². The maximum atomic E-state index is 2.49. The highest BCUT2D eigenvalue weighted by Gasteiger charge is 2.36. The molecule has 0 spiro atoms. The van der Waals surface area contributed by atoms with Gasteiger partial charge in [-0.3, -0.25) is 0 Å². The maximum absolute atomic E-state index is 2.49. The van der Waals surface area contributed by atoms with E-state index in [9.17, 15) is 0 Å². The van der Waals surface area contributed by atoms with Crippen LogP contribution in [0.4, 0.5) is 17.1 Å². The van der Waals surface area contributed by atoms with Crippen LogP contribution < -0.4 is 4.90 Å². The lowest BCUT2D eigenvalue weighted by Gasteiger charge is -2.28. The molecule has 0 atom stereocenters. The zero-order valence-electron chi connectivity index (χ0n) is 34.8. The van der Waals surface area contributed by atoms with Crippen LogP contribution in [0.3, 0.4) is 0 Å². The molecule has 0 amide bonds. The molecule has 290 valence electrons. The summed E-state index contributed by atoms with van der Waals surface area (Å²) in [6.07, 6.45) is 0. The summed E-state index contributed by atoms with van der Waals surface area (Å²) >= 11 is 1.90. The zero-order chi connectivity index (χ0) is 41.0. The third-order valence-electron chi connectivity index (χ3n) is 13.3. The number of fused-ring (bicyclic) bond motifs is 11. The standard InChI is InChI=1S/C59H43NS/c1-36-14-11-16-39(30-36)60(40-17-12-15-37(2)31-40)41-27-29-47-46-28-26-38(32-55(46)59(3,4)56(47)33-41)51-34-53-45-21-8-7-20-44(45)52(35-54(53)43-19-6-5-18-42(43)51)50-24-13-23-49-48-22-9-10-25-57(48)61-58(49)50/h5-35H,1-4H3. The van der Waals surface area contributed by atoms with Gasteiger partial charge in [0.15, 0.2) is 0 Å². The van der Waals surface area contributed by atoms with Crippen LogP contribution in [-0.2, 0) is 5.41 Å². The number of rotatable bonds is 5. The summed E-state index contributed by atoms with van der Waals surface area (Å²) in [4.78, 5) is 2.41. The van der Waals surface area contributed by atoms with Crippen molar-refractivity contribution in [2.75, 3.05) is 4.90 Å². The third kappa shape index (κ3) is 5.52. The van der Waals surface area contributed by atoms with E-state index in [0.29, 0.717) is 0 Å². The Morgan fingerprint density at radius 1 is 0.361 bits per heavy atom. The van der Waals surface area contributed by atoms with E-state index >= 15 is 0 Å². The van der Waals surface area contributed by atoms with E-state index in [0.717, 1.165) is 0 Å². The highest BCUT2D eigenvalue weighted by atomic mass is 32.1. The number of benzene rings is 10. The van der Waals surface area contributed by atoms with E-state index in [1.165, 1.54) is 125 Å². The minimum Gasteiger partial charge on any atom is -0.310 e. The number of nitrogens with zero attached hydrogens (tertiary/aromatic N) is 1. The molecule has 0 N–H and O–H groups in total. The van der Waals surface area contributed by atoms with Crippen LogP contribution in [0, 0.1) is 13.8 Å². The molecule has 0 saturated heterocycles. The molecule has 12 rings (SSSR count). The topological polar surface area (TPSA) is 3.24 Å². The molecule has 11 aromatic rings. The summed E-state index contributed by atoms with van der Waals surface area (Å²) in [5, 5.41) is 10.4. The molecule has 0 saturated carbocycles. The van der Waals surface area contributed by atoms with Gasteiger partial charge in [-0.25, -0.2) is 0 Å². The average Bonchev–Trinajstić information content (AvgIpc) is 3.77. The van der Waals surface area contributed by atoms with Gasteiger partial charge in [-0.05, 0) is 157 Å². The SMILES string of the molecule is Cc1cccc(N(c2cccc(C)c2)c2ccc3c(c2)C(C)(C)c2cc(-c4cc5c6ccccc6c(-c6cccc7c6sc6ccccc67)cc5c5ccccc45)ccc2-3)c1. The molecule has 2 heteroatoms. The number of anilines is 3. The van der Waals surface area contributed by atoms with Gasteiger partial charge in [0.05, 0.1) is 0 Å². The lowest BCUT2D eigenvalue weighted by molar-refractivity contribution is 0.660. The largest absolute Gasteiger partial charge is 0.310 e. The van der Waals surface area contributed by atoms with E-state index in [2.05, 4.69) is 221 Å². The summed E-state index contributed by atoms with van der Waals surface area (Å²) in [5.41, 5.74) is 16.3. The summed E-state index contributed by atoms with van der Waals surface area (Å²) < 4.78 is 2.68. The van der Waals surface area contributed by atoms with Crippen molar-refractivity contribution in [1.29, 1.82) is 0 Å². The Balaban J connectivity index is 1.02. The van der Waals surface area contributed by atoms with Crippen LogP contribution in [-0.4, -0.2) is 0 Å². The minimum absolute atomic E-state index is 0.205. The van der Waals surface area contributed by atoms with Gasteiger partial charge in [0.2, 0.25) is 0 Å². The van der Waals surface area contributed by atoms with E-state index < -0.39 is 0 Å². The van der Waals surface area contributed by atoms with Crippen molar-refractivity contribution in [1.82, 2.24) is 0 Å². The Bertz CT molecular complexity index is 3560. The Hall–Kier alpha value is -7.00. The molecule has 0 aliphatic heterocycles. The van der Waals surface area contributed by atoms with Crippen LogP contribution >= 0.6 is 11.3 Å². The molecular formula is C59H43NS. The fourth-order valence-corrected chi connectivity index (χ4v) is 11.6. The van der Waals surface area contributed by atoms with E-state index in [4.69, 9.17) is 0 Å². The predicted molar refractivity (Wildman–Crippen MR) is 264 cm³/mol. The van der Waals surface area contributed by atoms with Crippen LogP contribution in [0.25, 0.3) is 85.9 Å². The lowest BCUT2D eigenvalue weighted by atomic mass is 9.81. The highest BCUT2D eigenvalue weighted by Crippen LogP contribution is 2.53. The van der Waals surface area contributed by atoms with Crippen molar-refractivity contribution < 1.29 is 0 Å². The second-order valence-electron chi connectivity index (χ2n) is 17.4. The molecule has 1 nitrogen and oxygen atoms in total. The van der Waals surface area contributed by atoms with Gasteiger partial charge in [-0.2, -0.15) is 0 Å². The molecule has 61 heavy (non-hydrogen) atoms. The first-order valence-electron chi connectivity index (χ1n) is 21.3. The molecule has 0 radical (unpaired) electrons. The fraction of sp³-hybridized carbons (Fsp3) is 0.0847. The first-order valence-corrected chi connectivity index (χ1v) is 22.1. The fourth-order valence-electron chi connectivity index (χ4n) is 10.4. The molecule has 0 fully saturated rings. The Labute approximate surface area is 360 Å². The Morgan fingerprint density at radius 2 is 0.885 bits per heavy atom. The molecule has 0 unspecified atom stereocenters. The molecular weight excluding hydrogens is 755 g/mol. The summed E-state index contributed by atoms with van der Waals surface area (Å²) in [6, 6.07) is 70.6. The Kier molecular flexibility index (Phi) is 7.95. The second-order valence-corrected chi connectivity index (χ2v) is 18.5. The molecule has 1 aliphatic carbocycles. The van der Waals surface area contributed by atoms with Crippen molar-refractivity contribution in [3.05, 3.63) is 210 Å². The van der Waals surface area contributed by atoms with E-state index in [1.54, 1.807) is 0 Å². The zero-order valence-corrected chi connectivity index (χ0v) is 35.6. The van der Waals surface area contributed by atoms with Gasteiger partial charge in [-0.15, -0.1) is 11.3 Å². The molecule has 1 aromatic heterocycles. The van der Waals surface area contributed by atoms with Crippen molar-refractivity contribution in [2.24, 2.45) is 0 Å². The van der Waals surface area contributed by atoms with Gasteiger partial charge < -0.3 is 4.90 Å². The van der Waals surface area contributed by atoms with Crippen molar-refractivity contribution in [3.8, 4) is 33.4 Å². The number of thiophene rings is 1. The summed E-state index contributed by atoms with van der Waals surface area (Å²) in [7, 11) is 0. The Morgan fingerprint density at radius 3 is 1.56 bits per heavy atom. The van der Waals surface area contributed by atoms with Gasteiger partial charge >= 0.3 is 0 Å². The van der Waals surface area contributed by atoms with Gasteiger partial charge in [0.1, 0.15) is 0 Å². The van der Waals surface area contributed by atoms with Crippen LogP contribution in [0.1, 0.15) is 36.1 Å². The average molecular weight is 798 g/mol. The van der Waals surface area contributed by atoms with Crippen LogP contribution in [0.15, 0.2) is 188 Å². The van der Waals surface area contributed by atoms with Crippen LogP contribution in [0.2, 0.25) is 0 Å². The highest BCUT2D eigenvalue weighted by molar-refractivity contribution is 7.26. The van der Waals surface area contributed by atoms with Gasteiger partial charge in [0.25, 0.3) is 0 Å². The number of hydrogen-bond donors (Lipinski definition) is 0. The van der Waals surface area contributed by atoms with Gasteiger partial charge in [-0.1, -0.05) is 141 Å². The minimum atomic E-state index is -0.205. The first-order chi connectivity index (χ1) is 29.8.